The van der Waals surface area contributed by atoms with Crippen LogP contribution in [0.2, 0.25) is 0 Å². The molecular weight excluding hydrogens is 230 g/mol. The smallest absolute Gasteiger partial charge is 0.115 e. The van der Waals surface area contributed by atoms with Crippen LogP contribution >= 0.6 is 0 Å². The first-order valence-corrected chi connectivity index (χ1v) is 6.24. The number of hydrogen-bond acceptors (Lipinski definition) is 4. The van der Waals surface area contributed by atoms with Crippen LogP contribution in [0.3, 0.4) is 0 Å². The Balaban J connectivity index is 2.39. The predicted molar refractivity (Wildman–Crippen MR) is 72.0 cm³/mol. The Labute approximate surface area is 109 Å². The lowest BCUT2D eigenvalue weighted by Crippen LogP contribution is -2.32. The highest BCUT2D eigenvalue weighted by Gasteiger charge is 2.05. The second-order valence-corrected chi connectivity index (χ2v) is 4.25. The Bertz CT molecular complexity index is 323. The molecule has 18 heavy (non-hydrogen) atoms. The monoisotopic (exact) mass is 253 g/mol. The van der Waals surface area contributed by atoms with Crippen molar-refractivity contribution in [3.8, 4) is 5.75 Å². The van der Waals surface area contributed by atoms with Gasteiger partial charge in [0.05, 0.1) is 13.2 Å². The van der Waals surface area contributed by atoms with Crippen molar-refractivity contribution in [2.24, 2.45) is 0 Å². The number of phenols is 1. The molecule has 0 heterocycles. The van der Waals surface area contributed by atoms with Gasteiger partial charge in [-0.05, 0) is 24.1 Å². The average Bonchev–Trinajstić information content (AvgIpc) is 2.38. The van der Waals surface area contributed by atoms with Gasteiger partial charge in [0.1, 0.15) is 5.75 Å². The molecule has 0 aromatic heterocycles. The standard InChI is InChI=1S/C14H23NO3/c1-17-10-8-15(9-11-18-2)7-6-13-4-3-5-14(16)12-13/h3-5,12,16H,6-11H2,1-2H3. The number of rotatable bonds is 9. The molecule has 1 aromatic carbocycles. The molecule has 0 atom stereocenters. The van der Waals surface area contributed by atoms with Gasteiger partial charge >= 0.3 is 0 Å². The first-order chi connectivity index (χ1) is 8.76. The largest absolute Gasteiger partial charge is 0.508 e. The van der Waals surface area contributed by atoms with Crippen LogP contribution in [0.5, 0.6) is 5.75 Å². The molecule has 0 saturated heterocycles. The van der Waals surface area contributed by atoms with E-state index in [1.54, 1.807) is 20.3 Å². The zero-order chi connectivity index (χ0) is 13.2. The Kier molecular flexibility index (Phi) is 7.41. The van der Waals surface area contributed by atoms with Gasteiger partial charge in [0.25, 0.3) is 0 Å². The molecule has 1 rings (SSSR count). The molecule has 0 aliphatic heterocycles. The third kappa shape index (κ3) is 6.00. The summed E-state index contributed by atoms with van der Waals surface area (Å²) in [5.74, 6) is 0.327. The van der Waals surface area contributed by atoms with Crippen LogP contribution in [0.1, 0.15) is 5.56 Å². The second-order valence-electron chi connectivity index (χ2n) is 4.25. The maximum atomic E-state index is 9.41. The van der Waals surface area contributed by atoms with Crippen LogP contribution in [0.15, 0.2) is 24.3 Å². The number of ether oxygens (including phenoxy) is 2. The molecule has 0 amide bonds. The summed E-state index contributed by atoms with van der Waals surface area (Å²) in [5.41, 5.74) is 1.15. The Morgan fingerprint density at radius 1 is 1.06 bits per heavy atom. The van der Waals surface area contributed by atoms with Gasteiger partial charge < -0.3 is 14.6 Å². The average molecular weight is 253 g/mol. The summed E-state index contributed by atoms with van der Waals surface area (Å²) in [6.07, 6.45) is 0.918. The second kappa shape index (κ2) is 8.91. The quantitative estimate of drug-likeness (QED) is 0.724. The lowest BCUT2D eigenvalue weighted by Gasteiger charge is -2.21. The normalized spacial score (nSPS) is 11.1. The SMILES string of the molecule is COCCN(CCOC)CCc1cccc(O)c1. The summed E-state index contributed by atoms with van der Waals surface area (Å²) < 4.78 is 10.2. The summed E-state index contributed by atoms with van der Waals surface area (Å²) in [5, 5.41) is 9.41. The highest BCUT2D eigenvalue weighted by Crippen LogP contribution is 2.11. The van der Waals surface area contributed by atoms with E-state index in [9.17, 15) is 5.11 Å². The summed E-state index contributed by atoms with van der Waals surface area (Å²) in [4.78, 5) is 2.30. The molecule has 0 aliphatic rings. The van der Waals surface area contributed by atoms with E-state index in [1.807, 2.05) is 18.2 Å². The third-order valence-electron chi connectivity index (χ3n) is 2.85. The molecule has 0 saturated carbocycles. The number of nitrogens with zero attached hydrogens (tertiary/aromatic N) is 1. The molecular formula is C14H23NO3. The highest BCUT2D eigenvalue weighted by atomic mass is 16.5. The van der Waals surface area contributed by atoms with Crippen molar-refractivity contribution in [2.45, 2.75) is 6.42 Å². The van der Waals surface area contributed by atoms with Crippen LogP contribution in [-0.4, -0.2) is 57.1 Å². The lowest BCUT2D eigenvalue weighted by molar-refractivity contribution is 0.115. The zero-order valence-electron chi connectivity index (χ0n) is 11.3. The van der Waals surface area contributed by atoms with Crippen LogP contribution in [0.4, 0.5) is 0 Å². The van der Waals surface area contributed by atoms with Gasteiger partial charge in [-0.15, -0.1) is 0 Å². The molecule has 0 bridgehead atoms. The molecule has 4 nitrogen and oxygen atoms in total. The van der Waals surface area contributed by atoms with Crippen molar-refractivity contribution in [1.29, 1.82) is 0 Å². The van der Waals surface area contributed by atoms with E-state index < -0.39 is 0 Å². The van der Waals surface area contributed by atoms with E-state index in [-0.39, 0.29) is 0 Å². The van der Waals surface area contributed by atoms with Crippen molar-refractivity contribution in [2.75, 3.05) is 47.1 Å². The summed E-state index contributed by atoms with van der Waals surface area (Å²) in [6.45, 7) is 4.20. The molecule has 1 N–H and O–H groups in total. The van der Waals surface area contributed by atoms with E-state index in [1.165, 1.54) is 0 Å². The van der Waals surface area contributed by atoms with E-state index in [4.69, 9.17) is 9.47 Å². The van der Waals surface area contributed by atoms with Crippen molar-refractivity contribution in [3.63, 3.8) is 0 Å². The Morgan fingerprint density at radius 3 is 2.28 bits per heavy atom. The number of phenolic OH excluding ortho intramolecular Hbond substituents is 1. The summed E-state index contributed by atoms with van der Waals surface area (Å²) >= 11 is 0. The topological polar surface area (TPSA) is 41.9 Å². The lowest BCUT2D eigenvalue weighted by atomic mass is 10.1. The molecule has 1 aromatic rings. The first-order valence-electron chi connectivity index (χ1n) is 6.24. The minimum Gasteiger partial charge on any atom is -0.508 e. The van der Waals surface area contributed by atoms with E-state index in [2.05, 4.69) is 4.90 Å². The fourth-order valence-corrected chi connectivity index (χ4v) is 1.78. The van der Waals surface area contributed by atoms with Gasteiger partial charge in [-0.3, -0.25) is 4.90 Å². The van der Waals surface area contributed by atoms with Gasteiger partial charge in [0.15, 0.2) is 0 Å². The van der Waals surface area contributed by atoms with Crippen LogP contribution in [0.25, 0.3) is 0 Å². The predicted octanol–water partition coefficient (Wildman–Crippen LogP) is 1.53. The first kappa shape index (κ1) is 15.0. The van der Waals surface area contributed by atoms with Crippen molar-refractivity contribution in [3.05, 3.63) is 29.8 Å². The molecule has 0 unspecified atom stereocenters. The van der Waals surface area contributed by atoms with Gasteiger partial charge in [0.2, 0.25) is 0 Å². The van der Waals surface area contributed by atoms with Gasteiger partial charge in [-0.1, -0.05) is 12.1 Å². The van der Waals surface area contributed by atoms with E-state index in [0.29, 0.717) is 5.75 Å². The van der Waals surface area contributed by atoms with Crippen molar-refractivity contribution >= 4 is 0 Å². The Hall–Kier alpha value is -1.10. The summed E-state index contributed by atoms with van der Waals surface area (Å²) in [6, 6.07) is 7.41. The van der Waals surface area contributed by atoms with E-state index >= 15 is 0 Å². The molecule has 0 radical (unpaired) electrons. The number of methoxy groups -OCH3 is 2. The van der Waals surface area contributed by atoms with Gasteiger partial charge in [-0.25, -0.2) is 0 Å². The number of hydrogen-bond donors (Lipinski definition) is 1. The molecule has 4 heteroatoms. The number of benzene rings is 1. The molecule has 0 fully saturated rings. The minimum absolute atomic E-state index is 0.327. The highest BCUT2D eigenvalue weighted by molar-refractivity contribution is 5.27. The maximum Gasteiger partial charge on any atom is 0.115 e. The van der Waals surface area contributed by atoms with Crippen LogP contribution < -0.4 is 0 Å². The number of aromatic hydroxyl groups is 1. The van der Waals surface area contributed by atoms with E-state index in [0.717, 1.165) is 44.8 Å². The zero-order valence-corrected chi connectivity index (χ0v) is 11.3. The van der Waals surface area contributed by atoms with Crippen LogP contribution in [0, 0.1) is 0 Å². The third-order valence-corrected chi connectivity index (χ3v) is 2.85. The van der Waals surface area contributed by atoms with Crippen molar-refractivity contribution < 1.29 is 14.6 Å². The molecule has 102 valence electrons. The minimum atomic E-state index is 0.327. The maximum absolute atomic E-state index is 9.41. The molecule has 0 spiro atoms. The summed E-state index contributed by atoms with van der Waals surface area (Å²) in [7, 11) is 3.42. The fourth-order valence-electron chi connectivity index (χ4n) is 1.78. The van der Waals surface area contributed by atoms with Crippen molar-refractivity contribution in [1.82, 2.24) is 4.90 Å². The molecule has 0 aliphatic carbocycles. The van der Waals surface area contributed by atoms with Gasteiger partial charge in [-0.2, -0.15) is 0 Å². The fraction of sp³-hybridized carbons (Fsp3) is 0.571. The Morgan fingerprint density at radius 2 is 1.72 bits per heavy atom. The van der Waals surface area contributed by atoms with Crippen LogP contribution in [-0.2, 0) is 15.9 Å². The van der Waals surface area contributed by atoms with Gasteiger partial charge in [0, 0.05) is 33.9 Å².